The van der Waals surface area contributed by atoms with Crippen molar-refractivity contribution in [1.29, 1.82) is 0 Å². The third kappa shape index (κ3) is 4.37. The molecule has 1 fully saturated rings. The van der Waals surface area contributed by atoms with E-state index >= 15 is 0 Å². The van der Waals surface area contributed by atoms with Crippen LogP contribution in [0.2, 0.25) is 10.0 Å². The van der Waals surface area contributed by atoms with Crippen molar-refractivity contribution in [3.63, 3.8) is 0 Å². The summed E-state index contributed by atoms with van der Waals surface area (Å²) < 4.78 is 0. The van der Waals surface area contributed by atoms with Gasteiger partial charge in [-0.2, -0.15) is 0 Å². The molecule has 2 rings (SSSR count). The molecule has 0 saturated carbocycles. The number of benzene rings is 1. The van der Waals surface area contributed by atoms with Gasteiger partial charge in [0.1, 0.15) is 0 Å². The molecule has 0 atom stereocenters. The fourth-order valence-electron chi connectivity index (χ4n) is 2.28. The standard InChI is InChI=1S/C14H18Cl2N2O/c15-11-4-5-13(16)12(10-11)14(19)17-6-3-9-18-7-1-2-8-18/h4-5,10H,1-3,6-9H2,(H,17,19). The number of rotatable bonds is 5. The zero-order chi connectivity index (χ0) is 13.7. The van der Waals surface area contributed by atoms with E-state index in [1.165, 1.54) is 25.9 Å². The van der Waals surface area contributed by atoms with E-state index in [0.29, 0.717) is 22.2 Å². The van der Waals surface area contributed by atoms with Gasteiger partial charge in [0.2, 0.25) is 0 Å². The molecule has 0 bridgehead atoms. The third-order valence-corrected chi connectivity index (χ3v) is 3.87. The Bertz CT molecular complexity index is 445. The average molecular weight is 301 g/mol. The van der Waals surface area contributed by atoms with E-state index in [2.05, 4.69) is 10.2 Å². The van der Waals surface area contributed by atoms with E-state index in [4.69, 9.17) is 23.2 Å². The van der Waals surface area contributed by atoms with Crippen molar-refractivity contribution < 1.29 is 4.79 Å². The topological polar surface area (TPSA) is 32.3 Å². The molecule has 0 unspecified atom stereocenters. The summed E-state index contributed by atoms with van der Waals surface area (Å²) in [6.07, 6.45) is 3.55. The maximum atomic E-state index is 11.9. The van der Waals surface area contributed by atoms with Crippen LogP contribution in [-0.4, -0.2) is 37.0 Å². The average Bonchev–Trinajstić information content (AvgIpc) is 2.90. The fraction of sp³-hybridized carbons (Fsp3) is 0.500. The monoisotopic (exact) mass is 300 g/mol. The van der Waals surface area contributed by atoms with Crippen LogP contribution in [0.25, 0.3) is 0 Å². The summed E-state index contributed by atoms with van der Waals surface area (Å²) in [6, 6.07) is 4.91. The summed E-state index contributed by atoms with van der Waals surface area (Å²) in [7, 11) is 0. The first-order valence-corrected chi connectivity index (χ1v) is 7.38. The Hall–Kier alpha value is -0.770. The third-order valence-electron chi connectivity index (χ3n) is 3.31. The maximum Gasteiger partial charge on any atom is 0.252 e. The lowest BCUT2D eigenvalue weighted by Gasteiger charge is -2.14. The van der Waals surface area contributed by atoms with Gasteiger partial charge in [-0.25, -0.2) is 0 Å². The van der Waals surface area contributed by atoms with Crippen molar-refractivity contribution in [2.75, 3.05) is 26.2 Å². The molecule has 0 aromatic heterocycles. The van der Waals surface area contributed by atoms with Crippen molar-refractivity contribution in [3.05, 3.63) is 33.8 Å². The van der Waals surface area contributed by atoms with Crippen LogP contribution in [0.5, 0.6) is 0 Å². The first kappa shape index (κ1) is 14.6. The van der Waals surface area contributed by atoms with Gasteiger partial charge in [0.05, 0.1) is 10.6 Å². The predicted molar refractivity (Wildman–Crippen MR) is 79.1 cm³/mol. The minimum Gasteiger partial charge on any atom is -0.352 e. The van der Waals surface area contributed by atoms with Gasteiger partial charge >= 0.3 is 0 Å². The molecule has 104 valence electrons. The number of hydrogen-bond acceptors (Lipinski definition) is 2. The molecule has 3 nitrogen and oxygen atoms in total. The molecule has 0 spiro atoms. The molecular formula is C14H18Cl2N2O. The molecule has 0 aliphatic carbocycles. The van der Waals surface area contributed by atoms with Gasteiger partial charge in [0.15, 0.2) is 0 Å². The quantitative estimate of drug-likeness (QED) is 0.847. The van der Waals surface area contributed by atoms with Crippen molar-refractivity contribution in [2.24, 2.45) is 0 Å². The molecule has 1 saturated heterocycles. The van der Waals surface area contributed by atoms with Crippen molar-refractivity contribution >= 4 is 29.1 Å². The van der Waals surface area contributed by atoms with Gasteiger partial charge in [0, 0.05) is 11.6 Å². The Morgan fingerprint density at radius 1 is 1.26 bits per heavy atom. The van der Waals surface area contributed by atoms with Crippen LogP contribution in [-0.2, 0) is 0 Å². The highest BCUT2D eigenvalue weighted by Gasteiger charge is 2.12. The number of halogens is 2. The number of nitrogens with one attached hydrogen (secondary N) is 1. The Kier molecular flexibility index (Phi) is 5.49. The lowest BCUT2D eigenvalue weighted by atomic mass is 10.2. The Labute approximate surface area is 123 Å². The molecule has 1 aliphatic heterocycles. The number of carbonyl (C=O) groups is 1. The van der Waals surface area contributed by atoms with Gasteiger partial charge in [0.25, 0.3) is 5.91 Å². The lowest BCUT2D eigenvalue weighted by molar-refractivity contribution is 0.0952. The highest BCUT2D eigenvalue weighted by Crippen LogP contribution is 2.20. The van der Waals surface area contributed by atoms with Crippen molar-refractivity contribution in [2.45, 2.75) is 19.3 Å². The van der Waals surface area contributed by atoms with Gasteiger partial charge in [-0.1, -0.05) is 23.2 Å². The van der Waals surface area contributed by atoms with Crippen LogP contribution in [0.4, 0.5) is 0 Å². The Morgan fingerprint density at radius 3 is 2.74 bits per heavy atom. The minimum atomic E-state index is -0.158. The zero-order valence-electron chi connectivity index (χ0n) is 10.8. The van der Waals surface area contributed by atoms with Gasteiger partial charge in [-0.15, -0.1) is 0 Å². The van der Waals surface area contributed by atoms with Crippen LogP contribution in [0.15, 0.2) is 18.2 Å². The largest absolute Gasteiger partial charge is 0.352 e. The normalized spacial score (nSPS) is 15.7. The van der Waals surface area contributed by atoms with E-state index in [1.54, 1.807) is 18.2 Å². The molecular weight excluding hydrogens is 283 g/mol. The number of likely N-dealkylation sites (tertiary alicyclic amines) is 1. The molecule has 1 aromatic carbocycles. The second kappa shape index (κ2) is 7.13. The highest BCUT2D eigenvalue weighted by atomic mass is 35.5. The number of hydrogen-bond donors (Lipinski definition) is 1. The van der Waals surface area contributed by atoms with E-state index in [-0.39, 0.29) is 5.91 Å². The van der Waals surface area contributed by atoms with Crippen molar-refractivity contribution in [3.8, 4) is 0 Å². The minimum absolute atomic E-state index is 0.158. The van der Waals surface area contributed by atoms with E-state index < -0.39 is 0 Å². The summed E-state index contributed by atoms with van der Waals surface area (Å²) in [6.45, 7) is 4.09. The number of amides is 1. The van der Waals surface area contributed by atoms with Gasteiger partial charge in [-0.3, -0.25) is 4.79 Å². The fourth-order valence-corrected chi connectivity index (χ4v) is 2.65. The van der Waals surface area contributed by atoms with Crippen LogP contribution < -0.4 is 5.32 Å². The molecule has 5 heteroatoms. The lowest BCUT2D eigenvalue weighted by Crippen LogP contribution is -2.28. The van der Waals surface area contributed by atoms with Crippen LogP contribution in [0, 0.1) is 0 Å². The molecule has 1 N–H and O–H groups in total. The van der Waals surface area contributed by atoms with Crippen LogP contribution in [0.3, 0.4) is 0 Å². The molecule has 1 aromatic rings. The van der Waals surface area contributed by atoms with Gasteiger partial charge < -0.3 is 10.2 Å². The predicted octanol–water partition coefficient (Wildman–Crippen LogP) is 3.21. The number of nitrogens with zero attached hydrogens (tertiary/aromatic N) is 1. The first-order valence-electron chi connectivity index (χ1n) is 6.62. The molecule has 1 amide bonds. The van der Waals surface area contributed by atoms with Crippen molar-refractivity contribution in [1.82, 2.24) is 10.2 Å². The van der Waals surface area contributed by atoms with E-state index in [1.807, 2.05) is 0 Å². The summed E-state index contributed by atoms with van der Waals surface area (Å²) in [5.41, 5.74) is 0.440. The maximum absolute atomic E-state index is 11.9. The summed E-state index contributed by atoms with van der Waals surface area (Å²) in [4.78, 5) is 14.4. The SMILES string of the molecule is O=C(NCCCN1CCCC1)c1cc(Cl)ccc1Cl. The molecule has 1 heterocycles. The first-order chi connectivity index (χ1) is 9.16. The molecule has 1 aliphatic rings. The van der Waals surface area contributed by atoms with Crippen LogP contribution >= 0.6 is 23.2 Å². The second-order valence-electron chi connectivity index (χ2n) is 4.78. The highest BCUT2D eigenvalue weighted by molar-refractivity contribution is 6.35. The Balaban J connectivity index is 1.75. The Morgan fingerprint density at radius 2 is 2.00 bits per heavy atom. The second-order valence-corrected chi connectivity index (χ2v) is 5.63. The van der Waals surface area contributed by atoms with Crippen LogP contribution in [0.1, 0.15) is 29.6 Å². The summed E-state index contributed by atoms with van der Waals surface area (Å²) in [5, 5.41) is 3.83. The molecule has 0 radical (unpaired) electrons. The summed E-state index contributed by atoms with van der Waals surface area (Å²) in [5.74, 6) is -0.158. The van der Waals surface area contributed by atoms with Gasteiger partial charge in [-0.05, 0) is 57.1 Å². The number of carbonyl (C=O) groups excluding carboxylic acids is 1. The van der Waals surface area contributed by atoms with E-state index in [9.17, 15) is 4.79 Å². The summed E-state index contributed by atoms with van der Waals surface area (Å²) >= 11 is 11.8. The van der Waals surface area contributed by atoms with E-state index in [0.717, 1.165) is 13.0 Å². The smallest absolute Gasteiger partial charge is 0.252 e. The zero-order valence-corrected chi connectivity index (χ0v) is 12.3. The molecule has 19 heavy (non-hydrogen) atoms.